The first-order chi connectivity index (χ1) is 14.1. The molecule has 0 aromatic heterocycles. The topological polar surface area (TPSA) is 81.8 Å². The van der Waals surface area contributed by atoms with Crippen LogP contribution in [0, 0.1) is 0 Å². The molecule has 7 nitrogen and oxygen atoms in total. The first-order valence-electron chi connectivity index (χ1n) is 10.8. The summed E-state index contributed by atoms with van der Waals surface area (Å²) in [5.41, 5.74) is 1.33. The number of carbonyl (C=O) groups excluding carboxylic acids is 3. The van der Waals surface area contributed by atoms with Crippen LogP contribution >= 0.6 is 0 Å². The lowest BCUT2D eigenvalue weighted by atomic mass is 10.1. The van der Waals surface area contributed by atoms with E-state index in [1.54, 1.807) is 29.2 Å². The fourth-order valence-corrected chi connectivity index (χ4v) is 3.96. The number of nitrogens with one attached hydrogen (secondary N) is 2. The highest BCUT2D eigenvalue weighted by Crippen LogP contribution is 2.17. The molecule has 0 spiro atoms. The Morgan fingerprint density at radius 1 is 0.931 bits per heavy atom. The number of hydrogen-bond donors (Lipinski definition) is 2. The Kier molecular flexibility index (Phi) is 7.49. The van der Waals surface area contributed by atoms with E-state index in [4.69, 9.17) is 0 Å². The van der Waals surface area contributed by atoms with Crippen molar-refractivity contribution in [1.29, 1.82) is 0 Å². The average Bonchev–Trinajstić information content (AvgIpc) is 3.03. The maximum atomic E-state index is 12.7. The first kappa shape index (κ1) is 21.1. The molecule has 2 heterocycles. The number of nitrogens with zero attached hydrogens (tertiary/aromatic N) is 2. The van der Waals surface area contributed by atoms with E-state index in [1.807, 2.05) is 11.8 Å². The molecule has 2 N–H and O–H groups in total. The SMILES string of the molecule is CCC(=O)NC1CCCN(C(=O)Nc2ccc(C(=O)N3CCCCCC3)cc2)C1. The molecule has 1 unspecified atom stereocenters. The van der Waals surface area contributed by atoms with Gasteiger partial charge in [-0.1, -0.05) is 19.8 Å². The minimum absolute atomic E-state index is 0.00979. The van der Waals surface area contributed by atoms with Crippen LogP contribution in [0.4, 0.5) is 10.5 Å². The monoisotopic (exact) mass is 400 g/mol. The van der Waals surface area contributed by atoms with Gasteiger partial charge in [0.15, 0.2) is 0 Å². The minimum atomic E-state index is -0.174. The van der Waals surface area contributed by atoms with Crippen molar-refractivity contribution in [2.75, 3.05) is 31.5 Å². The smallest absolute Gasteiger partial charge is 0.321 e. The number of piperidine rings is 1. The van der Waals surface area contributed by atoms with Crippen LogP contribution in [0.3, 0.4) is 0 Å². The summed E-state index contributed by atoms with van der Waals surface area (Å²) in [6.07, 6.45) is 6.71. The summed E-state index contributed by atoms with van der Waals surface area (Å²) >= 11 is 0. The third-order valence-electron chi connectivity index (χ3n) is 5.67. The van der Waals surface area contributed by atoms with E-state index in [0.717, 1.165) is 38.8 Å². The van der Waals surface area contributed by atoms with Gasteiger partial charge in [-0.25, -0.2) is 4.79 Å². The van der Waals surface area contributed by atoms with Crippen LogP contribution in [-0.4, -0.2) is 59.9 Å². The zero-order chi connectivity index (χ0) is 20.6. The van der Waals surface area contributed by atoms with Crippen LogP contribution in [0.25, 0.3) is 0 Å². The van der Waals surface area contributed by atoms with Crippen LogP contribution in [-0.2, 0) is 4.79 Å². The largest absolute Gasteiger partial charge is 0.352 e. The van der Waals surface area contributed by atoms with Crippen LogP contribution in [0.15, 0.2) is 24.3 Å². The Balaban J connectivity index is 1.54. The van der Waals surface area contributed by atoms with Crippen LogP contribution < -0.4 is 10.6 Å². The molecule has 2 fully saturated rings. The van der Waals surface area contributed by atoms with Crippen LogP contribution in [0.5, 0.6) is 0 Å². The predicted molar refractivity (Wildman–Crippen MR) is 113 cm³/mol. The van der Waals surface area contributed by atoms with E-state index in [-0.39, 0.29) is 23.9 Å². The third-order valence-corrected chi connectivity index (χ3v) is 5.67. The van der Waals surface area contributed by atoms with Gasteiger partial charge in [0.2, 0.25) is 5.91 Å². The van der Waals surface area contributed by atoms with Crippen molar-refractivity contribution in [3.63, 3.8) is 0 Å². The van der Waals surface area contributed by atoms with Crippen LogP contribution in [0.1, 0.15) is 62.2 Å². The van der Waals surface area contributed by atoms with Crippen molar-refractivity contribution < 1.29 is 14.4 Å². The molecule has 2 aliphatic heterocycles. The highest BCUT2D eigenvalue weighted by atomic mass is 16.2. The summed E-state index contributed by atoms with van der Waals surface area (Å²) in [4.78, 5) is 40.6. The fourth-order valence-electron chi connectivity index (χ4n) is 3.96. The van der Waals surface area contributed by atoms with Gasteiger partial charge in [0, 0.05) is 49.9 Å². The number of urea groups is 1. The van der Waals surface area contributed by atoms with Gasteiger partial charge in [-0.3, -0.25) is 9.59 Å². The standard InChI is InChI=1S/C22H32N4O3/c1-2-20(27)23-19-8-7-15-26(16-19)22(29)24-18-11-9-17(10-12-18)21(28)25-13-5-3-4-6-14-25/h9-12,19H,2-8,13-16H2,1H3,(H,23,27)(H,24,29). The Morgan fingerprint density at radius 2 is 1.59 bits per heavy atom. The van der Waals surface area contributed by atoms with Crippen molar-refractivity contribution >= 4 is 23.5 Å². The van der Waals surface area contributed by atoms with Gasteiger partial charge >= 0.3 is 6.03 Å². The van der Waals surface area contributed by atoms with Gasteiger partial charge in [-0.2, -0.15) is 0 Å². The molecular formula is C22H32N4O3. The maximum absolute atomic E-state index is 12.7. The molecular weight excluding hydrogens is 368 g/mol. The second-order valence-corrected chi connectivity index (χ2v) is 7.92. The quantitative estimate of drug-likeness (QED) is 0.814. The summed E-state index contributed by atoms with van der Waals surface area (Å²) in [6.45, 7) is 4.66. The predicted octanol–water partition coefficient (Wildman–Crippen LogP) is 3.23. The Hall–Kier alpha value is -2.57. The fraction of sp³-hybridized carbons (Fsp3) is 0.591. The molecule has 1 atom stereocenters. The Morgan fingerprint density at radius 3 is 2.24 bits per heavy atom. The van der Waals surface area contributed by atoms with Crippen molar-refractivity contribution in [1.82, 2.24) is 15.1 Å². The number of anilines is 1. The Labute approximate surface area is 172 Å². The molecule has 2 saturated heterocycles. The van der Waals surface area contributed by atoms with Gasteiger partial charge in [0.1, 0.15) is 0 Å². The third kappa shape index (κ3) is 5.95. The van der Waals surface area contributed by atoms with Gasteiger partial charge in [0.25, 0.3) is 5.91 Å². The van der Waals surface area contributed by atoms with E-state index in [0.29, 0.717) is 30.8 Å². The molecule has 7 heteroatoms. The maximum Gasteiger partial charge on any atom is 0.321 e. The zero-order valence-electron chi connectivity index (χ0n) is 17.3. The first-order valence-corrected chi connectivity index (χ1v) is 10.8. The van der Waals surface area contributed by atoms with Gasteiger partial charge < -0.3 is 20.4 Å². The molecule has 158 valence electrons. The molecule has 0 aliphatic carbocycles. The number of hydrogen-bond acceptors (Lipinski definition) is 3. The average molecular weight is 401 g/mol. The minimum Gasteiger partial charge on any atom is -0.352 e. The van der Waals surface area contributed by atoms with Crippen molar-refractivity contribution in [2.24, 2.45) is 0 Å². The lowest BCUT2D eigenvalue weighted by molar-refractivity contribution is -0.121. The lowest BCUT2D eigenvalue weighted by Gasteiger charge is -2.33. The van der Waals surface area contributed by atoms with E-state index < -0.39 is 0 Å². The number of rotatable bonds is 4. The highest BCUT2D eigenvalue weighted by Gasteiger charge is 2.24. The molecule has 4 amide bonds. The molecule has 29 heavy (non-hydrogen) atoms. The molecule has 3 rings (SSSR count). The number of amides is 4. The van der Waals surface area contributed by atoms with E-state index in [2.05, 4.69) is 10.6 Å². The van der Waals surface area contributed by atoms with Crippen molar-refractivity contribution in [2.45, 2.75) is 57.9 Å². The molecule has 1 aromatic carbocycles. The van der Waals surface area contributed by atoms with Crippen LogP contribution in [0.2, 0.25) is 0 Å². The number of likely N-dealkylation sites (tertiary alicyclic amines) is 2. The summed E-state index contributed by atoms with van der Waals surface area (Å²) in [5, 5.41) is 5.87. The van der Waals surface area contributed by atoms with E-state index in [9.17, 15) is 14.4 Å². The van der Waals surface area contributed by atoms with Crippen molar-refractivity contribution in [3.8, 4) is 0 Å². The Bertz CT molecular complexity index is 711. The summed E-state index contributed by atoms with van der Waals surface area (Å²) in [7, 11) is 0. The van der Waals surface area contributed by atoms with Gasteiger partial charge in [-0.05, 0) is 49.9 Å². The summed E-state index contributed by atoms with van der Waals surface area (Å²) < 4.78 is 0. The zero-order valence-corrected chi connectivity index (χ0v) is 17.3. The number of carbonyl (C=O) groups is 3. The highest BCUT2D eigenvalue weighted by molar-refractivity contribution is 5.95. The van der Waals surface area contributed by atoms with Crippen molar-refractivity contribution in [3.05, 3.63) is 29.8 Å². The van der Waals surface area contributed by atoms with E-state index in [1.165, 1.54) is 12.8 Å². The molecule has 2 aliphatic rings. The summed E-state index contributed by atoms with van der Waals surface area (Å²) in [5.74, 6) is 0.0808. The normalized spacial score (nSPS) is 20.0. The second-order valence-electron chi connectivity index (χ2n) is 7.92. The second kappa shape index (κ2) is 10.3. The van der Waals surface area contributed by atoms with Gasteiger partial charge in [-0.15, -0.1) is 0 Å². The summed E-state index contributed by atoms with van der Waals surface area (Å²) in [6, 6.07) is 6.96. The van der Waals surface area contributed by atoms with Gasteiger partial charge in [0.05, 0.1) is 0 Å². The number of benzene rings is 1. The van der Waals surface area contributed by atoms with E-state index >= 15 is 0 Å². The molecule has 0 saturated carbocycles. The molecule has 1 aromatic rings. The molecule has 0 bridgehead atoms. The molecule has 0 radical (unpaired) electrons. The lowest BCUT2D eigenvalue weighted by Crippen LogP contribution is -2.50.